The van der Waals surface area contributed by atoms with Crippen LogP contribution in [0.4, 0.5) is 0 Å². The van der Waals surface area contributed by atoms with E-state index in [-0.39, 0.29) is 5.91 Å². The number of hydroxylamine groups is 1. The largest absolute Gasteiger partial charge is 0.316 e. The van der Waals surface area contributed by atoms with Crippen LogP contribution in [0, 0.1) is 5.92 Å². The minimum absolute atomic E-state index is 0.0680. The second-order valence-corrected chi connectivity index (χ2v) is 3.33. The fraction of sp³-hybridized carbons (Fsp3) is 0.889. The van der Waals surface area contributed by atoms with Gasteiger partial charge in [-0.1, -0.05) is 20.8 Å². The van der Waals surface area contributed by atoms with Gasteiger partial charge in [-0.15, -0.1) is 0 Å². The predicted molar refractivity (Wildman–Crippen MR) is 52.1 cm³/mol. The highest BCUT2D eigenvalue weighted by Crippen LogP contribution is 1.89. The molecule has 0 aromatic rings. The molecule has 0 aliphatic carbocycles. The molecule has 0 aromatic carbocycles. The molecule has 2 N–H and O–H groups in total. The number of rotatable bonds is 7. The van der Waals surface area contributed by atoms with E-state index in [4.69, 9.17) is 4.84 Å². The molecule has 0 saturated heterocycles. The molecule has 0 aromatic heterocycles. The summed E-state index contributed by atoms with van der Waals surface area (Å²) in [7, 11) is 0. The minimum atomic E-state index is -0.0680. The monoisotopic (exact) mass is 188 g/mol. The Kier molecular flexibility index (Phi) is 7.63. The Bertz CT molecular complexity index is 138. The third-order valence-corrected chi connectivity index (χ3v) is 1.38. The summed E-state index contributed by atoms with van der Waals surface area (Å²) in [6.07, 6.45) is 0.464. The fourth-order valence-electron chi connectivity index (χ4n) is 0.719. The number of hydrogen-bond donors (Lipinski definition) is 2. The zero-order valence-corrected chi connectivity index (χ0v) is 8.72. The summed E-state index contributed by atoms with van der Waals surface area (Å²) >= 11 is 0. The van der Waals surface area contributed by atoms with E-state index in [1.807, 2.05) is 20.8 Å². The average molecular weight is 188 g/mol. The Morgan fingerprint density at radius 1 is 1.46 bits per heavy atom. The minimum Gasteiger partial charge on any atom is -0.316 e. The molecule has 0 aliphatic rings. The van der Waals surface area contributed by atoms with Crippen LogP contribution in [0.25, 0.3) is 0 Å². The van der Waals surface area contributed by atoms with Crippen LogP contribution in [0.3, 0.4) is 0 Å². The maximum absolute atomic E-state index is 11.0. The molecule has 78 valence electrons. The van der Waals surface area contributed by atoms with Crippen LogP contribution in [-0.2, 0) is 9.63 Å². The molecular weight excluding hydrogens is 168 g/mol. The Hall–Kier alpha value is -0.610. The molecule has 4 heteroatoms. The Balaban J connectivity index is 3.20. The van der Waals surface area contributed by atoms with Gasteiger partial charge in [-0.3, -0.25) is 9.63 Å². The first kappa shape index (κ1) is 12.4. The van der Waals surface area contributed by atoms with E-state index >= 15 is 0 Å². The van der Waals surface area contributed by atoms with Crippen LogP contribution in [-0.4, -0.2) is 25.6 Å². The van der Waals surface area contributed by atoms with Crippen LogP contribution < -0.4 is 10.8 Å². The third-order valence-electron chi connectivity index (χ3n) is 1.38. The summed E-state index contributed by atoms with van der Waals surface area (Å²) in [5.41, 5.74) is 2.39. The van der Waals surface area contributed by atoms with Gasteiger partial charge in [0, 0.05) is 13.0 Å². The molecule has 0 unspecified atom stereocenters. The lowest BCUT2D eigenvalue weighted by atomic mass is 10.2. The van der Waals surface area contributed by atoms with Gasteiger partial charge in [-0.25, -0.2) is 5.48 Å². The maximum Gasteiger partial charge on any atom is 0.244 e. The van der Waals surface area contributed by atoms with Crippen LogP contribution in [0.1, 0.15) is 27.2 Å². The van der Waals surface area contributed by atoms with Crippen molar-refractivity contribution < 1.29 is 9.63 Å². The van der Waals surface area contributed by atoms with E-state index in [9.17, 15) is 4.79 Å². The summed E-state index contributed by atoms with van der Waals surface area (Å²) in [5.74, 6) is 0.371. The van der Waals surface area contributed by atoms with Gasteiger partial charge in [-0.05, 0) is 12.5 Å². The molecule has 0 radical (unpaired) electrons. The van der Waals surface area contributed by atoms with Gasteiger partial charge < -0.3 is 5.32 Å². The number of carbonyl (C=O) groups is 1. The second-order valence-electron chi connectivity index (χ2n) is 3.33. The zero-order chi connectivity index (χ0) is 10.1. The molecule has 0 atom stereocenters. The molecule has 0 saturated carbocycles. The van der Waals surface area contributed by atoms with Crippen molar-refractivity contribution in [2.75, 3.05) is 19.7 Å². The van der Waals surface area contributed by atoms with Gasteiger partial charge in [0.25, 0.3) is 0 Å². The molecule has 0 aliphatic heterocycles. The number of hydrogen-bond acceptors (Lipinski definition) is 3. The highest BCUT2D eigenvalue weighted by molar-refractivity contribution is 5.74. The standard InChI is InChI=1S/C9H20N2O2/c1-4-10-6-5-9(12)11-13-7-8(2)3/h8,10H,4-7H2,1-3H3,(H,11,12). The predicted octanol–water partition coefficient (Wildman–Crippen LogP) is 0.690. The summed E-state index contributed by atoms with van der Waals surface area (Å²) < 4.78 is 0. The van der Waals surface area contributed by atoms with Crippen LogP contribution in [0.5, 0.6) is 0 Å². The highest BCUT2D eigenvalue weighted by atomic mass is 16.6. The van der Waals surface area contributed by atoms with Crippen molar-refractivity contribution in [1.29, 1.82) is 0 Å². The molecule has 0 fully saturated rings. The number of nitrogens with one attached hydrogen (secondary N) is 2. The van der Waals surface area contributed by atoms with Gasteiger partial charge in [-0.2, -0.15) is 0 Å². The smallest absolute Gasteiger partial charge is 0.244 e. The van der Waals surface area contributed by atoms with Gasteiger partial charge in [0.2, 0.25) is 5.91 Å². The van der Waals surface area contributed by atoms with Crippen molar-refractivity contribution in [1.82, 2.24) is 10.8 Å². The maximum atomic E-state index is 11.0. The third kappa shape index (κ3) is 9.30. The van der Waals surface area contributed by atoms with E-state index in [1.54, 1.807) is 0 Å². The molecule has 0 bridgehead atoms. The van der Waals surface area contributed by atoms with Gasteiger partial charge >= 0.3 is 0 Å². The van der Waals surface area contributed by atoms with Crippen molar-refractivity contribution in [3.63, 3.8) is 0 Å². The lowest BCUT2D eigenvalue weighted by Crippen LogP contribution is -2.28. The van der Waals surface area contributed by atoms with Crippen molar-refractivity contribution in [3.8, 4) is 0 Å². The number of amides is 1. The van der Waals surface area contributed by atoms with Crippen LogP contribution in [0.2, 0.25) is 0 Å². The first-order valence-corrected chi connectivity index (χ1v) is 4.78. The van der Waals surface area contributed by atoms with Gasteiger partial charge in [0.15, 0.2) is 0 Å². The summed E-state index contributed by atoms with van der Waals surface area (Å²) in [6, 6.07) is 0. The number of carbonyl (C=O) groups excluding carboxylic acids is 1. The van der Waals surface area contributed by atoms with E-state index in [0.717, 1.165) is 6.54 Å². The topological polar surface area (TPSA) is 50.4 Å². The quantitative estimate of drug-likeness (QED) is 0.456. The summed E-state index contributed by atoms with van der Waals surface area (Å²) in [4.78, 5) is 16.0. The van der Waals surface area contributed by atoms with Crippen LogP contribution >= 0.6 is 0 Å². The highest BCUT2D eigenvalue weighted by Gasteiger charge is 2.00. The van der Waals surface area contributed by atoms with Gasteiger partial charge in [0.1, 0.15) is 0 Å². The fourth-order valence-corrected chi connectivity index (χ4v) is 0.719. The van der Waals surface area contributed by atoms with Crippen molar-refractivity contribution in [2.45, 2.75) is 27.2 Å². The summed E-state index contributed by atoms with van der Waals surface area (Å²) in [5, 5.41) is 3.06. The van der Waals surface area contributed by atoms with E-state index in [1.165, 1.54) is 0 Å². The Labute approximate surface area is 80.0 Å². The lowest BCUT2D eigenvalue weighted by Gasteiger charge is -2.07. The molecule has 1 amide bonds. The molecule has 0 rings (SSSR count). The first-order valence-electron chi connectivity index (χ1n) is 4.78. The SMILES string of the molecule is CCNCCC(=O)NOCC(C)C. The molecule has 0 spiro atoms. The van der Waals surface area contributed by atoms with Gasteiger partial charge in [0.05, 0.1) is 6.61 Å². The molecule has 0 heterocycles. The van der Waals surface area contributed by atoms with E-state index < -0.39 is 0 Å². The Morgan fingerprint density at radius 3 is 2.69 bits per heavy atom. The first-order chi connectivity index (χ1) is 6.16. The second kappa shape index (κ2) is 8.01. The molecular formula is C9H20N2O2. The zero-order valence-electron chi connectivity index (χ0n) is 8.72. The normalized spacial score (nSPS) is 10.5. The molecule has 13 heavy (non-hydrogen) atoms. The van der Waals surface area contributed by atoms with E-state index in [0.29, 0.717) is 25.5 Å². The van der Waals surface area contributed by atoms with E-state index in [2.05, 4.69) is 10.8 Å². The molecule has 4 nitrogen and oxygen atoms in total. The lowest BCUT2D eigenvalue weighted by molar-refractivity contribution is -0.134. The van der Waals surface area contributed by atoms with Crippen LogP contribution in [0.15, 0.2) is 0 Å². The Morgan fingerprint density at radius 2 is 2.15 bits per heavy atom. The van der Waals surface area contributed by atoms with Crippen molar-refractivity contribution in [3.05, 3.63) is 0 Å². The summed E-state index contributed by atoms with van der Waals surface area (Å²) in [6.45, 7) is 8.23. The van der Waals surface area contributed by atoms with Crippen molar-refractivity contribution >= 4 is 5.91 Å². The average Bonchev–Trinajstić information content (AvgIpc) is 2.04. The van der Waals surface area contributed by atoms with Crippen molar-refractivity contribution in [2.24, 2.45) is 5.92 Å².